The van der Waals surface area contributed by atoms with E-state index in [1.165, 1.54) is 57.8 Å². The largest absolute Gasteiger partial charge is 0.394 e. The third-order valence-electron chi connectivity index (χ3n) is 6.62. The minimum absolute atomic E-state index is 0.0316. The lowest BCUT2D eigenvalue weighted by atomic mass is 10.1. The third kappa shape index (κ3) is 34.1. The Morgan fingerprint density at radius 1 is 0.357 bits per heavy atom. The fourth-order valence-electron chi connectivity index (χ4n) is 3.91. The lowest BCUT2D eigenvalue weighted by molar-refractivity contribution is -0.0733. The Hall–Kier alpha value is -0.400. The maximum Gasteiger partial charge on any atom is 0.0807 e. The van der Waals surface area contributed by atoms with Crippen LogP contribution in [-0.2, 0) is 42.6 Å². The van der Waals surface area contributed by atoms with Gasteiger partial charge < -0.3 is 47.7 Å². The molecule has 2 unspecified atom stereocenters. The van der Waals surface area contributed by atoms with Crippen molar-refractivity contribution in [1.29, 1.82) is 0 Å². The van der Waals surface area contributed by atoms with Gasteiger partial charge in [-0.05, 0) is 20.3 Å². The topological polar surface area (TPSA) is 103 Å². The van der Waals surface area contributed by atoms with Gasteiger partial charge in [-0.1, -0.05) is 64.7 Å². The van der Waals surface area contributed by atoms with Crippen LogP contribution in [0.4, 0.5) is 0 Å². The summed E-state index contributed by atoms with van der Waals surface area (Å²) < 4.78 is 49.7. The molecule has 42 heavy (non-hydrogen) atoms. The zero-order valence-electron chi connectivity index (χ0n) is 27.4. The summed E-state index contributed by atoms with van der Waals surface area (Å²) in [5, 5.41) is 8.58. The quantitative estimate of drug-likeness (QED) is 0.0985. The van der Waals surface area contributed by atoms with Crippen LogP contribution in [0.1, 0.15) is 85.0 Å². The summed E-state index contributed by atoms with van der Waals surface area (Å²) in [6.45, 7) is 14.9. The molecular weight excluding hydrogens is 544 g/mol. The smallest absolute Gasteiger partial charge is 0.0807 e. The van der Waals surface area contributed by atoms with Crippen LogP contribution in [0.25, 0.3) is 0 Å². The van der Waals surface area contributed by atoms with Gasteiger partial charge in [0.1, 0.15) is 0 Å². The van der Waals surface area contributed by atoms with E-state index in [1.54, 1.807) is 0 Å². The molecule has 2 atom stereocenters. The van der Waals surface area contributed by atoms with E-state index in [0.29, 0.717) is 99.1 Å². The van der Waals surface area contributed by atoms with Crippen molar-refractivity contribution in [1.82, 2.24) is 0 Å². The molecule has 0 aliphatic heterocycles. The summed E-state index contributed by atoms with van der Waals surface area (Å²) in [6, 6.07) is 0. The molecular formula is C32H66O10. The normalized spacial score (nSPS) is 13.1. The Morgan fingerprint density at radius 2 is 0.643 bits per heavy atom. The SMILES string of the molecule is CCCCCCCCCCCCOC(C)C(C)OCCOCCOCCOCCOCCOCCOCCOCCO. The van der Waals surface area contributed by atoms with Gasteiger partial charge in [0.2, 0.25) is 0 Å². The summed E-state index contributed by atoms with van der Waals surface area (Å²) in [5.41, 5.74) is 0. The standard InChI is InChI=1S/C32H66O10/c1-4-5-6-7-8-9-10-11-12-13-15-41-31(2)32(3)42-30-29-40-28-27-39-26-25-38-24-23-37-22-21-36-20-19-35-18-17-34-16-14-33/h31-33H,4-30H2,1-3H3. The molecule has 1 N–H and O–H groups in total. The van der Waals surface area contributed by atoms with Crippen LogP contribution >= 0.6 is 0 Å². The first-order valence-electron chi connectivity index (χ1n) is 16.6. The Kier molecular flexibility index (Phi) is 36.4. The second-order valence-corrected chi connectivity index (χ2v) is 10.3. The predicted molar refractivity (Wildman–Crippen MR) is 165 cm³/mol. The van der Waals surface area contributed by atoms with Gasteiger partial charge in [0, 0.05) is 6.61 Å². The van der Waals surface area contributed by atoms with Gasteiger partial charge in [-0.15, -0.1) is 0 Å². The van der Waals surface area contributed by atoms with Gasteiger partial charge in [0.05, 0.1) is 118 Å². The minimum Gasteiger partial charge on any atom is -0.394 e. The number of hydrogen-bond acceptors (Lipinski definition) is 10. The van der Waals surface area contributed by atoms with Gasteiger partial charge in [-0.3, -0.25) is 0 Å². The van der Waals surface area contributed by atoms with E-state index in [1.807, 2.05) is 0 Å². The van der Waals surface area contributed by atoms with Crippen LogP contribution in [0.3, 0.4) is 0 Å². The second-order valence-electron chi connectivity index (χ2n) is 10.3. The molecule has 0 spiro atoms. The van der Waals surface area contributed by atoms with Crippen LogP contribution in [0.2, 0.25) is 0 Å². The molecule has 0 rings (SSSR count). The minimum atomic E-state index is 0.0316. The Balaban J connectivity index is 3.22. The molecule has 0 aromatic rings. The molecule has 0 aliphatic rings. The zero-order valence-corrected chi connectivity index (χ0v) is 27.4. The number of ether oxygens (including phenoxy) is 9. The molecule has 0 saturated heterocycles. The molecule has 0 saturated carbocycles. The molecule has 0 aliphatic carbocycles. The molecule has 0 radical (unpaired) electrons. The lowest BCUT2D eigenvalue weighted by Crippen LogP contribution is -2.28. The van der Waals surface area contributed by atoms with Gasteiger partial charge in [0.15, 0.2) is 0 Å². The van der Waals surface area contributed by atoms with Crippen LogP contribution < -0.4 is 0 Å². The van der Waals surface area contributed by atoms with Crippen LogP contribution in [0.5, 0.6) is 0 Å². The number of hydrogen-bond donors (Lipinski definition) is 1. The van der Waals surface area contributed by atoms with Gasteiger partial charge in [0.25, 0.3) is 0 Å². The van der Waals surface area contributed by atoms with Gasteiger partial charge in [-0.25, -0.2) is 0 Å². The highest BCUT2D eigenvalue weighted by Crippen LogP contribution is 2.11. The van der Waals surface area contributed by atoms with Crippen molar-refractivity contribution in [2.45, 2.75) is 97.2 Å². The number of aliphatic hydroxyl groups excluding tert-OH is 1. The average molecular weight is 611 g/mol. The average Bonchev–Trinajstić information content (AvgIpc) is 3.00. The van der Waals surface area contributed by atoms with E-state index in [4.69, 9.17) is 47.7 Å². The first kappa shape index (κ1) is 41.6. The summed E-state index contributed by atoms with van der Waals surface area (Å²) in [6.07, 6.45) is 13.5. The van der Waals surface area contributed by atoms with Crippen molar-refractivity contribution in [3.63, 3.8) is 0 Å². The van der Waals surface area contributed by atoms with E-state index < -0.39 is 0 Å². The maximum atomic E-state index is 8.58. The number of aliphatic hydroxyl groups is 1. The Labute approximate surface area is 257 Å². The van der Waals surface area contributed by atoms with Crippen LogP contribution in [0, 0.1) is 0 Å². The number of rotatable bonds is 37. The van der Waals surface area contributed by atoms with Crippen LogP contribution in [0.15, 0.2) is 0 Å². The Morgan fingerprint density at radius 3 is 1.00 bits per heavy atom. The van der Waals surface area contributed by atoms with E-state index in [2.05, 4.69) is 20.8 Å². The molecule has 0 bridgehead atoms. The van der Waals surface area contributed by atoms with Crippen molar-refractivity contribution in [2.24, 2.45) is 0 Å². The summed E-state index contributed by atoms with van der Waals surface area (Å²) in [5.74, 6) is 0. The summed E-state index contributed by atoms with van der Waals surface area (Å²) in [7, 11) is 0. The highest BCUT2D eigenvalue weighted by molar-refractivity contribution is 4.60. The maximum absolute atomic E-state index is 8.58. The predicted octanol–water partition coefficient (Wildman–Crippen LogP) is 4.83. The van der Waals surface area contributed by atoms with E-state index in [9.17, 15) is 0 Å². The fourth-order valence-corrected chi connectivity index (χ4v) is 3.91. The highest BCUT2D eigenvalue weighted by atomic mass is 16.6. The van der Waals surface area contributed by atoms with E-state index in [-0.39, 0.29) is 18.8 Å². The summed E-state index contributed by atoms with van der Waals surface area (Å²) in [4.78, 5) is 0. The molecule has 0 aromatic heterocycles. The van der Waals surface area contributed by atoms with Crippen LogP contribution in [-0.4, -0.2) is 130 Å². The monoisotopic (exact) mass is 610 g/mol. The fraction of sp³-hybridized carbons (Fsp3) is 1.00. The van der Waals surface area contributed by atoms with Gasteiger partial charge in [-0.2, -0.15) is 0 Å². The Bertz CT molecular complexity index is 486. The molecule has 254 valence electrons. The van der Waals surface area contributed by atoms with Crippen molar-refractivity contribution >= 4 is 0 Å². The highest BCUT2D eigenvalue weighted by Gasteiger charge is 2.12. The van der Waals surface area contributed by atoms with Crippen molar-refractivity contribution in [3.8, 4) is 0 Å². The van der Waals surface area contributed by atoms with Gasteiger partial charge >= 0.3 is 0 Å². The molecule has 0 heterocycles. The molecule has 0 aromatic carbocycles. The van der Waals surface area contributed by atoms with Crippen molar-refractivity contribution in [2.75, 3.05) is 112 Å². The number of unbranched alkanes of at least 4 members (excludes halogenated alkanes) is 9. The lowest BCUT2D eigenvalue weighted by Gasteiger charge is -2.21. The molecule has 0 amide bonds. The van der Waals surface area contributed by atoms with E-state index >= 15 is 0 Å². The summed E-state index contributed by atoms with van der Waals surface area (Å²) >= 11 is 0. The third-order valence-corrected chi connectivity index (χ3v) is 6.62. The van der Waals surface area contributed by atoms with Crippen molar-refractivity contribution < 1.29 is 47.7 Å². The molecule has 0 fully saturated rings. The molecule has 10 heteroatoms. The first-order chi connectivity index (χ1) is 20.7. The van der Waals surface area contributed by atoms with Crippen molar-refractivity contribution in [3.05, 3.63) is 0 Å². The second kappa shape index (κ2) is 36.8. The molecule has 10 nitrogen and oxygen atoms in total. The first-order valence-corrected chi connectivity index (χ1v) is 16.6. The zero-order chi connectivity index (χ0) is 30.6. The van der Waals surface area contributed by atoms with E-state index in [0.717, 1.165) is 13.0 Å².